The van der Waals surface area contributed by atoms with E-state index < -0.39 is 0 Å². The molecule has 28 aromatic carbocycles. The zero-order valence-electron chi connectivity index (χ0n) is 78.1. The van der Waals surface area contributed by atoms with Crippen molar-refractivity contribution in [1.29, 1.82) is 0 Å². The highest BCUT2D eigenvalue weighted by atomic mass is 14.3. The molecule has 660 valence electrons. The lowest BCUT2D eigenvalue weighted by Gasteiger charge is -2.21. The molecule has 0 amide bonds. The van der Waals surface area contributed by atoms with Gasteiger partial charge in [-0.05, 0) is 316 Å². The van der Waals surface area contributed by atoms with Crippen LogP contribution in [0, 0.1) is 0 Å². The smallest absolute Gasteiger partial charge is 0.00199 e. The molecule has 0 nitrogen and oxygen atoms in total. The molecule has 0 N–H and O–H groups in total. The van der Waals surface area contributed by atoms with Crippen LogP contribution >= 0.6 is 0 Å². The van der Waals surface area contributed by atoms with E-state index in [9.17, 15) is 0 Å². The molecular formula is C142H92. The lowest BCUT2D eigenvalue weighted by molar-refractivity contribution is 1.60. The Labute approximate surface area is 825 Å². The van der Waals surface area contributed by atoms with Crippen molar-refractivity contribution in [2.45, 2.75) is 0 Å². The van der Waals surface area contributed by atoms with Gasteiger partial charge in [0.1, 0.15) is 0 Å². The van der Waals surface area contributed by atoms with Crippen LogP contribution in [0.4, 0.5) is 0 Å². The van der Waals surface area contributed by atoms with Crippen LogP contribution in [0.2, 0.25) is 0 Å². The average molecular weight is 1800 g/mol. The predicted molar refractivity (Wildman–Crippen MR) is 612 cm³/mol. The zero-order valence-corrected chi connectivity index (χ0v) is 78.1. The minimum Gasteiger partial charge on any atom is -0.0622 e. The molecule has 0 aromatic heterocycles. The molecule has 0 aliphatic carbocycles. The van der Waals surface area contributed by atoms with Crippen LogP contribution in [-0.2, 0) is 0 Å². The van der Waals surface area contributed by atoms with Gasteiger partial charge in [-0.25, -0.2) is 0 Å². The van der Waals surface area contributed by atoms with Gasteiger partial charge in [-0.1, -0.05) is 516 Å². The summed E-state index contributed by atoms with van der Waals surface area (Å²) >= 11 is 0. The number of hydrogen-bond donors (Lipinski definition) is 0. The summed E-state index contributed by atoms with van der Waals surface area (Å²) in [6.45, 7) is 0. The summed E-state index contributed by atoms with van der Waals surface area (Å²) in [6, 6.07) is 205. The second kappa shape index (κ2) is 36.2. The molecule has 0 saturated carbocycles. The highest BCUT2D eigenvalue weighted by Gasteiger charge is 2.26. The molecule has 0 spiro atoms. The minimum absolute atomic E-state index is 1.22. The quantitative estimate of drug-likeness (QED) is 0.107. The first-order valence-corrected chi connectivity index (χ1v) is 49.2. The Morgan fingerprint density at radius 3 is 0.761 bits per heavy atom. The third-order valence-electron chi connectivity index (χ3n) is 29.3. The highest BCUT2D eigenvalue weighted by Crippen LogP contribution is 2.53. The van der Waals surface area contributed by atoms with Gasteiger partial charge < -0.3 is 0 Å². The fourth-order valence-corrected chi connectivity index (χ4v) is 22.6. The van der Waals surface area contributed by atoms with Crippen LogP contribution in [-0.4, -0.2) is 0 Å². The highest BCUT2D eigenvalue weighted by molar-refractivity contribution is 6.28. The SMILES string of the molecule is c1ccc(-c2ccc3c(-c4ccccc4-c4ccccc4)c4ccccc4c(-c4cccc5ccccc45)c3c2)cc1.c1ccc(-c2cccc3ccc(-c4c5ccccc5c(-c5cccc6ccccc56)c5cc(-c6cccc7ccccc67)ccc45)cc23)cc1.c1ccc2cc(-c3ccc(-c4c5ccccc5c(-c5ccc6ccccc6c5)c5cc(-c6ccc7ccccc7c6)ccc45)cc3)ccc2c1. The Hall–Kier alpha value is -18.5. The van der Waals surface area contributed by atoms with Crippen LogP contribution < -0.4 is 0 Å². The Morgan fingerprint density at radius 1 is 0.0704 bits per heavy atom. The summed E-state index contributed by atoms with van der Waals surface area (Å²) in [5, 5.41) is 32.8. The van der Waals surface area contributed by atoms with Crippen molar-refractivity contribution in [3.05, 3.63) is 558 Å². The van der Waals surface area contributed by atoms with E-state index in [-0.39, 0.29) is 0 Å². The second-order valence-electron chi connectivity index (χ2n) is 37.4. The van der Waals surface area contributed by atoms with Gasteiger partial charge in [-0.2, -0.15) is 0 Å². The van der Waals surface area contributed by atoms with Gasteiger partial charge in [0, 0.05) is 0 Å². The maximum Gasteiger partial charge on any atom is -0.00199 e. The molecule has 0 heteroatoms. The molecule has 0 aliphatic rings. The van der Waals surface area contributed by atoms with Crippen molar-refractivity contribution in [3.63, 3.8) is 0 Å². The Kier molecular flexibility index (Phi) is 21.4. The zero-order chi connectivity index (χ0) is 93.9. The maximum absolute atomic E-state index is 2.45. The largest absolute Gasteiger partial charge is 0.0622 e. The summed E-state index contributed by atoms with van der Waals surface area (Å²) < 4.78 is 0. The van der Waals surface area contributed by atoms with Gasteiger partial charge >= 0.3 is 0 Å². The van der Waals surface area contributed by atoms with Gasteiger partial charge in [0.2, 0.25) is 0 Å². The monoisotopic (exact) mass is 1800 g/mol. The van der Waals surface area contributed by atoms with Gasteiger partial charge in [-0.3, -0.25) is 0 Å². The summed E-state index contributed by atoms with van der Waals surface area (Å²) in [4.78, 5) is 0. The van der Waals surface area contributed by atoms with E-state index in [1.54, 1.807) is 0 Å². The summed E-state index contributed by atoms with van der Waals surface area (Å²) in [5.41, 5.74) is 29.9. The Bertz CT molecular complexity index is 9820. The van der Waals surface area contributed by atoms with E-state index >= 15 is 0 Å². The molecule has 0 radical (unpaired) electrons. The molecule has 28 rings (SSSR count). The lowest BCUT2D eigenvalue weighted by Crippen LogP contribution is -1.94. The first-order valence-electron chi connectivity index (χ1n) is 49.2. The van der Waals surface area contributed by atoms with Crippen molar-refractivity contribution in [2.75, 3.05) is 0 Å². The van der Waals surface area contributed by atoms with Crippen molar-refractivity contribution in [2.24, 2.45) is 0 Å². The van der Waals surface area contributed by atoms with E-state index in [0.717, 1.165) is 0 Å². The van der Waals surface area contributed by atoms with Crippen LogP contribution in [0.1, 0.15) is 0 Å². The molecule has 0 unspecified atom stereocenters. The topological polar surface area (TPSA) is 0 Å². The standard InChI is InChI=1S/2C50H32.C42H28/c1-4-12-38-29-41(24-19-33(38)9-1)36-17-22-37(23-18-36)49-45-15-7-8-16-46(45)50(44-26-21-35-11-3-6-14-40(35)31-44)48-32-43(27-28-47(48)49)42-25-20-34-10-2-5-13-39(34)30-42;1-2-13-33(14-3-1)41-24-11-19-36-27-28-38(32-47(36)41)49-44-22-8-9-23-45(44)50(43-26-12-18-35-16-5-7-21-40(35)43)48-31-37(29-30-46(48)49)42-25-10-17-34-15-4-6-20-39(34)42;1-3-14-29(15-4-1)32-26-27-39-40(28-32)42(36-25-13-19-31-18-7-8-20-34(31)36)38-24-12-11-23-37(38)41(39)35-22-10-9-21-33(35)30-16-5-2-6-17-30/h2*1-32H;1-28H. The third-order valence-corrected chi connectivity index (χ3v) is 29.3. The van der Waals surface area contributed by atoms with E-state index in [0.29, 0.717) is 0 Å². The summed E-state index contributed by atoms with van der Waals surface area (Å²) in [7, 11) is 0. The number of hydrogen-bond acceptors (Lipinski definition) is 0. The van der Waals surface area contributed by atoms with Gasteiger partial charge in [0.05, 0.1) is 0 Å². The van der Waals surface area contributed by atoms with Crippen molar-refractivity contribution in [1.82, 2.24) is 0 Å². The number of rotatable bonds is 12. The van der Waals surface area contributed by atoms with Crippen LogP contribution in [0.5, 0.6) is 0 Å². The molecule has 28 aromatic rings. The van der Waals surface area contributed by atoms with E-state index in [2.05, 4.69) is 558 Å². The molecule has 0 heterocycles. The summed E-state index contributed by atoms with van der Waals surface area (Å²) in [6.07, 6.45) is 0. The Morgan fingerprint density at radius 2 is 0.289 bits per heavy atom. The fourth-order valence-electron chi connectivity index (χ4n) is 22.6. The number of benzene rings is 28. The molecular weight excluding hydrogens is 1710 g/mol. The molecule has 142 heavy (non-hydrogen) atoms. The van der Waals surface area contributed by atoms with Crippen LogP contribution in [0.3, 0.4) is 0 Å². The molecule has 0 fully saturated rings. The van der Waals surface area contributed by atoms with Crippen molar-refractivity contribution < 1.29 is 0 Å². The fraction of sp³-hybridized carbons (Fsp3) is 0. The lowest BCUT2D eigenvalue weighted by atomic mass is 9.82. The maximum atomic E-state index is 2.45. The minimum atomic E-state index is 1.22. The van der Waals surface area contributed by atoms with Gasteiger partial charge in [-0.15, -0.1) is 0 Å². The first kappa shape index (κ1) is 84.1. The molecule has 0 saturated heterocycles. The van der Waals surface area contributed by atoms with Gasteiger partial charge in [0.15, 0.2) is 0 Å². The predicted octanol–water partition coefficient (Wildman–Crippen LogP) is 40.1. The van der Waals surface area contributed by atoms with E-state index in [4.69, 9.17) is 0 Å². The average Bonchev–Trinajstić information content (AvgIpc) is 0.727. The normalized spacial score (nSPS) is 11.5. The van der Waals surface area contributed by atoms with E-state index in [1.807, 2.05) is 0 Å². The van der Waals surface area contributed by atoms with Crippen LogP contribution in [0.15, 0.2) is 558 Å². The van der Waals surface area contributed by atoms with Crippen LogP contribution in [0.25, 0.3) is 274 Å². The van der Waals surface area contributed by atoms with E-state index in [1.165, 1.54) is 274 Å². The molecule has 0 atom stereocenters. The van der Waals surface area contributed by atoms with Gasteiger partial charge in [0.25, 0.3) is 0 Å². The van der Waals surface area contributed by atoms with Crippen molar-refractivity contribution in [3.8, 4) is 134 Å². The molecule has 0 bridgehead atoms. The number of fused-ring (bicyclic) bond motifs is 13. The summed E-state index contributed by atoms with van der Waals surface area (Å²) in [5.74, 6) is 0. The second-order valence-corrected chi connectivity index (χ2v) is 37.4. The van der Waals surface area contributed by atoms with Crippen molar-refractivity contribution >= 4 is 140 Å². The Balaban J connectivity index is 0.000000110. The molecule has 0 aliphatic heterocycles. The third kappa shape index (κ3) is 15.2. The first-order chi connectivity index (χ1) is 70.4.